The van der Waals surface area contributed by atoms with E-state index in [4.69, 9.17) is 16.0 Å². The van der Waals surface area contributed by atoms with Crippen molar-refractivity contribution in [3.63, 3.8) is 0 Å². The number of benzene rings is 1. The first-order valence-electron chi connectivity index (χ1n) is 8.40. The van der Waals surface area contributed by atoms with E-state index in [1.54, 1.807) is 51.1 Å². The van der Waals surface area contributed by atoms with Gasteiger partial charge in [-0.2, -0.15) is 5.26 Å². The lowest BCUT2D eigenvalue weighted by molar-refractivity contribution is -0.142. The van der Waals surface area contributed by atoms with Crippen LogP contribution in [0.25, 0.3) is 17.4 Å². The van der Waals surface area contributed by atoms with Gasteiger partial charge in [0.15, 0.2) is 0 Å². The molecule has 3 rings (SSSR count). The third-order valence-electron chi connectivity index (χ3n) is 4.33. The highest BCUT2D eigenvalue weighted by Crippen LogP contribution is 2.30. The minimum atomic E-state index is -0.562. The molecular formula is C21H17ClN2O3. The average Bonchev–Trinajstić information content (AvgIpc) is 3.08. The van der Waals surface area contributed by atoms with E-state index in [1.807, 2.05) is 18.2 Å². The van der Waals surface area contributed by atoms with Crippen molar-refractivity contribution in [2.75, 3.05) is 0 Å². The van der Waals surface area contributed by atoms with Crippen molar-refractivity contribution in [3.05, 3.63) is 63.9 Å². The molecule has 0 spiro atoms. The Morgan fingerprint density at radius 2 is 1.78 bits per heavy atom. The highest BCUT2D eigenvalue weighted by atomic mass is 35.5. The van der Waals surface area contributed by atoms with Gasteiger partial charge in [-0.25, -0.2) is 0 Å². The Kier molecular flexibility index (Phi) is 5.02. The first kappa shape index (κ1) is 18.7. The molecule has 27 heavy (non-hydrogen) atoms. The average molecular weight is 381 g/mol. The van der Waals surface area contributed by atoms with Crippen molar-refractivity contribution in [2.24, 2.45) is 0 Å². The fourth-order valence-corrected chi connectivity index (χ4v) is 3.04. The molecule has 1 aromatic carbocycles. The van der Waals surface area contributed by atoms with Gasteiger partial charge in [0, 0.05) is 22.2 Å². The van der Waals surface area contributed by atoms with E-state index in [1.165, 1.54) is 0 Å². The Balaban J connectivity index is 2.04. The maximum absolute atomic E-state index is 12.8. The summed E-state index contributed by atoms with van der Waals surface area (Å²) in [5.74, 6) is 0.0862. The summed E-state index contributed by atoms with van der Waals surface area (Å²) in [5, 5.41) is 9.98. The topological polar surface area (TPSA) is 74.3 Å². The molecule has 2 aromatic rings. The van der Waals surface area contributed by atoms with Crippen LogP contribution < -0.4 is 0 Å². The molecule has 0 N–H and O–H groups in total. The highest BCUT2D eigenvalue weighted by molar-refractivity contribution is 6.30. The first-order chi connectivity index (χ1) is 12.8. The van der Waals surface area contributed by atoms with Crippen molar-refractivity contribution >= 4 is 29.5 Å². The van der Waals surface area contributed by atoms with Gasteiger partial charge in [-0.15, -0.1) is 0 Å². The highest BCUT2D eigenvalue weighted by Gasteiger charge is 2.37. The molecule has 6 heteroatoms. The second-order valence-corrected chi connectivity index (χ2v) is 6.89. The Bertz CT molecular complexity index is 1020. The second-order valence-electron chi connectivity index (χ2n) is 6.45. The fraction of sp³-hybridized carbons (Fsp3) is 0.190. The van der Waals surface area contributed by atoms with Crippen LogP contribution in [0.15, 0.2) is 57.5 Å². The van der Waals surface area contributed by atoms with Gasteiger partial charge in [0.1, 0.15) is 23.2 Å². The van der Waals surface area contributed by atoms with Crippen LogP contribution in [-0.2, 0) is 9.59 Å². The SMILES string of the molecule is CC1=C(C#N)C(=O)N(C(C)C)C(=O)/C1=C/c1ccc(-c2ccc(Cl)cc2)o1. The quantitative estimate of drug-likeness (QED) is 0.576. The molecule has 2 heterocycles. The first-order valence-corrected chi connectivity index (χ1v) is 8.78. The van der Waals surface area contributed by atoms with Gasteiger partial charge in [0.2, 0.25) is 0 Å². The van der Waals surface area contributed by atoms with Gasteiger partial charge >= 0.3 is 0 Å². The molecule has 2 amide bonds. The minimum absolute atomic E-state index is 0.0287. The second kappa shape index (κ2) is 7.26. The van der Waals surface area contributed by atoms with Gasteiger partial charge in [-0.1, -0.05) is 11.6 Å². The fourth-order valence-electron chi connectivity index (χ4n) is 2.91. The molecule has 5 nitrogen and oxygen atoms in total. The van der Waals surface area contributed by atoms with E-state index in [-0.39, 0.29) is 17.2 Å². The van der Waals surface area contributed by atoms with Crippen molar-refractivity contribution < 1.29 is 14.0 Å². The lowest BCUT2D eigenvalue weighted by atomic mass is 9.94. The molecule has 0 saturated carbocycles. The molecule has 1 aromatic heterocycles. The van der Waals surface area contributed by atoms with Crippen LogP contribution in [0.5, 0.6) is 0 Å². The predicted molar refractivity (Wildman–Crippen MR) is 102 cm³/mol. The third-order valence-corrected chi connectivity index (χ3v) is 4.58. The molecule has 0 unspecified atom stereocenters. The molecule has 0 bridgehead atoms. The number of hydrogen-bond acceptors (Lipinski definition) is 4. The molecule has 0 fully saturated rings. The van der Waals surface area contributed by atoms with E-state index in [2.05, 4.69) is 0 Å². The number of hydrogen-bond donors (Lipinski definition) is 0. The zero-order chi connectivity index (χ0) is 19.7. The molecule has 1 aliphatic heterocycles. The number of rotatable bonds is 3. The number of carbonyl (C=O) groups is 2. The zero-order valence-electron chi connectivity index (χ0n) is 15.1. The van der Waals surface area contributed by atoms with E-state index >= 15 is 0 Å². The molecule has 1 aliphatic rings. The normalized spacial score (nSPS) is 16.4. The molecule has 0 saturated heterocycles. The lowest BCUT2D eigenvalue weighted by Crippen LogP contribution is -2.46. The Morgan fingerprint density at radius 1 is 1.11 bits per heavy atom. The Hall–Kier alpha value is -3.10. The number of carbonyl (C=O) groups excluding carboxylic acids is 2. The number of nitrogens with zero attached hydrogens (tertiary/aromatic N) is 2. The van der Waals surface area contributed by atoms with Crippen LogP contribution in [0.1, 0.15) is 26.5 Å². The maximum atomic E-state index is 12.8. The van der Waals surface area contributed by atoms with Crippen molar-refractivity contribution in [3.8, 4) is 17.4 Å². The largest absolute Gasteiger partial charge is 0.457 e. The van der Waals surface area contributed by atoms with Crippen molar-refractivity contribution in [1.82, 2.24) is 4.90 Å². The van der Waals surface area contributed by atoms with Gasteiger partial charge in [0.25, 0.3) is 11.8 Å². The minimum Gasteiger partial charge on any atom is -0.457 e. The summed E-state index contributed by atoms with van der Waals surface area (Å²) < 4.78 is 5.82. The summed E-state index contributed by atoms with van der Waals surface area (Å²) >= 11 is 5.90. The van der Waals surface area contributed by atoms with Crippen LogP contribution in [0.2, 0.25) is 5.02 Å². The summed E-state index contributed by atoms with van der Waals surface area (Å²) in [6.07, 6.45) is 1.57. The van der Waals surface area contributed by atoms with Crippen molar-refractivity contribution in [2.45, 2.75) is 26.8 Å². The smallest absolute Gasteiger partial charge is 0.271 e. The summed E-state index contributed by atoms with van der Waals surface area (Å²) in [5.41, 5.74) is 1.45. The number of nitriles is 1. The Labute approximate surface area is 162 Å². The number of furan rings is 1. The summed E-state index contributed by atoms with van der Waals surface area (Å²) in [6, 6.07) is 12.3. The van der Waals surface area contributed by atoms with Crippen LogP contribution >= 0.6 is 11.6 Å². The number of amides is 2. The van der Waals surface area contributed by atoms with Crippen molar-refractivity contribution in [1.29, 1.82) is 5.26 Å². The standard InChI is InChI=1S/C21H17ClN2O3/c1-12(2)24-20(25)17(13(3)18(11-23)21(24)26)10-16-8-9-19(27-16)14-4-6-15(22)7-5-14/h4-10,12H,1-3H3/b17-10+. The summed E-state index contributed by atoms with van der Waals surface area (Å²) in [4.78, 5) is 26.3. The monoisotopic (exact) mass is 380 g/mol. The van der Waals surface area contributed by atoms with Crippen LogP contribution in [0, 0.1) is 11.3 Å². The molecule has 0 aliphatic carbocycles. The van der Waals surface area contributed by atoms with Gasteiger partial charge in [-0.05, 0) is 68.8 Å². The van der Waals surface area contributed by atoms with E-state index in [0.29, 0.717) is 22.1 Å². The van der Waals surface area contributed by atoms with Crippen LogP contribution in [-0.4, -0.2) is 22.8 Å². The molecule has 0 radical (unpaired) electrons. The van der Waals surface area contributed by atoms with Crippen LogP contribution in [0.4, 0.5) is 0 Å². The summed E-state index contributed by atoms with van der Waals surface area (Å²) in [7, 11) is 0. The molecule has 0 atom stereocenters. The van der Waals surface area contributed by atoms with E-state index in [9.17, 15) is 14.9 Å². The van der Waals surface area contributed by atoms with E-state index in [0.717, 1.165) is 10.5 Å². The third kappa shape index (κ3) is 3.44. The van der Waals surface area contributed by atoms with Gasteiger partial charge in [0.05, 0.1) is 0 Å². The van der Waals surface area contributed by atoms with Crippen LogP contribution in [0.3, 0.4) is 0 Å². The molecular weight excluding hydrogens is 364 g/mol. The Morgan fingerprint density at radius 3 is 2.37 bits per heavy atom. The zero-order valence-corrected chi connectivity index (χ0v) is 15.9. The number of imide groups is 1. The lowest BCUT2D eigenvalue weighted by Gasteiger charge is -2.30. The van der Waals surface area contributed by atoms with Gasteiger partial charge < -0.3 is 4.42 Å². The number of halogens is 1. The van der Waals surface area contributed by atoms with E-state index < -0.39 is 11.8 Å². The summed E-state index contributed by atoms with van der Waals surface area (Å²) in [6.45, 7) is 5.06. The van der Waals surface area contributed by atoms with Gasteiger partial charge in [-0.3, -0.25) is 14.5 Å². The molecule has 136 valence electrons. The maximum Gasteiger partial charge on any atom is 0.271 e. The predicted octanol–water partition coefficient (Wildman–Crippen LogP) is 4.60.